The Morgan fingerprint density at radius 3 is 2.76 bits per heavy atom. The van der Waals surface area contributed by atoms with Crippen LogP contribution in [0.4, 0.5) is 5.69 Å². The van der Waals surface area contributed by atoms with Crippen molar-refractivity contribution in [2.45, 2.75) is 0 Å². The van der Waals surface area contributed by atoms with Gasteiger partial charge in [-0.05, 0) is 30.4 Å². The maximum atomic E-state index is 11.6. The summed E-state index contributed by atoms with van der Waals surface area (Å²) in [5.41, 5.74) is -1.70. The molecule has 130 valence electrons. The van der Waals surface area contributed by atoms with Crippen LogP contribution in [-0.2, 0) is 4.79 Å². The number of carboxylic acid groups (broad SMARTS) is 1. The van der Waals surface area contributed by atoms with Crippen LogP contribution in [0, 0.1) is 10.1 Å². The van der Waals surface area contributed by atoms with Crippen LogP contribution in [0.2, 0.25) is 0 Å². The number of halogens is 1. The second kappa shape index (κ2) is 7.57. The number of rotatable bonds is 6. The molecule has 1 aromatic heterocycles. The normalized spacial score (nSPS) is 10.8. The molecule has 0 bridgehead atoms. The minimum Gasteiger partial charge on any atom is -0.488 e. The van der Waals surface area contributed by atoms with Crippen LogP contribution in [0.25, 0.3) is 12.2 Å². The van der Waals surface area contributed by atoms with Gasteiger partial charge in [0, 0.05) is 10.0 Å². The average Bonchev–Trinajstić information content (AvgIpc) is 2.50. The van der Waals surface area contributed by atoms with E-state index >= 15 is 0 Å². The van der Waals surface area contributed by atoms with Crippen molar-refractivity contribution < 1.29 is 24.7 Å². The van der Waals surface area contributed by atoms with Gasteiger partial charge in [0.1, 0.15) is 11.6 Å². The van der Waals surface area contributed by atoms with Crippen molar-refractivity contribution in [1.29, 1.82) is 0 Å². The first-order chi connectivity index (χ1) is 11.8. The Morgan fingerprint density at radius 2 is 2.16 bits per heavy atom. The van der Waals surface area contributed by atoms with Gasteiger partial charge < -0.3 is 19.9 Å². The van der Waals surface area contributed by atoms with E-state index in [1.807, 2.05) is 0 Å². The summed E-state index contributed by atoms with van der Waals surface area (Å²) in [7, 11) is 0. The van der Waals surface area contributed by atoms with Crippen LogP contribution in [-0.4, -0.2) is 37.7 Å². The molecule has 2 aromatic rings. The summed E-state index contributed by atoms with van der Waals surface area (Å²) in [6, 6.07) is 4.81. The molecule has 0 atom stereocenters. The van der Waals surface area contributed by atoms with E-state index in [0.29, 0.717) is 10.0 Å². The lowest BCUT2D eigenvalue weighted by Gasteiger charge is -2.07. The number of aliphatic carboxylic acids is 1. The van der Waals surface area contributed by atoms with Crippen molar-refractivity contribution in [3.05, 3.63) is 54.5 Å². The van der Waals surface area contributed by atoms with Gasteiger partial charge >= 0.3 is 17.2 Å². The van der Waals surface area contributed by atoms with Gasteiger partial charge in [-0.25, -0.2) is 4.79 Å². The molecule has 0 fully saturated rings. The number of aromatic hydroxyl groups is 1. The van der Waals surface area contributed by atoms with Crippen LogP contribution in [0.5, 0.6) is 11.6 Å². The van der Waals surface area contributed by atoms with E-state index in [-0.39, 0.29) is 11.6 Å². The number of nitrogens with one attached hydrogen (secondary N) is 1. The fourth-order valence-electron chi connectivity index (χ4n) is 1.80. The van der Waals surface area contributed by atoms with Gasteiger partial charge in [0.2, 0.25) is 0 Å². The first kappa shape index (κ1) is 18.1. The zero-order valence-electron chi connectivity index (χ0n) is 12.3. The second-order valence-corrected chi connectivity index (χ2v) is 5.49. The van der Waals surface area contributed by atoms with E-state index in [1.165, 1.54) is 18.2 Å². The largest absolute Gasteiger partial charge is 0.488 e. The highest BCUT2D eigenvalue weighted by atomic mass is 79.9. The molecule has 11 heteroatoms. The fourth-order valence-corrected chi connectivity index (χ4v) is 2.18. The van der Waals surface area contributed by atoms with Crippen molar-refractivity contribution in [3.63, 3.8) is 0 Å². The molecule has 3 N–H and O–H groups in total. The first-order valence-corrected chi connectivity index (χ1v) is 7.37. The number of carbonyl (C=O) groups is 1. The highest BCUT2D eigenvalue weighted by molar-refractivity contribution is 9.10. The van der Waals surface area contributed by atoms with Gasteiger partial charge in [0.25, 0.3) is 5.88 Å². The predicted molar refractivity (Wildman–Crippen MR) is 89.4 cm³/mol. The van der Waals surface area contributed by atoms with E-state index < -0.39 is 34.6 Å². The van der Waals surface area contributed by atoms with Crippen molar-refractivity contribution in [2.24, 2.45) is 0 Å². The number of H-pyrrole nitrogens is 1. The number of nitro groups is 1. The van der Waals surface area contributed by atoms with Crippen molar-refractivity contribution in [2.75, 3.05) is 6.61 Å². The highest BCUT2D eigenvalue weighted by Crippen LogP contribution is 2.25. The number of carboxylic acids is 1. The first-order valence-electron chi connectivity index (χ1n) is 6.58. The Kier molecular flexibility index (Phi) is 5.49. The molecule has 10 nitrogen and oxygen atoms in total. The Morgan fingerprint density at radius 1 is 1.44 bits per heavy atom. The number of ether oxygens (including phenoxy) is 1. The Balaban J connectivity index is 2.36. The maximum absolute atomic E-state index is 11.6. The summed E-state index contributed by atoms with van der Waals surface area (Å²) in [5.74, 6) is -2.03. The fraction of sp³-hybridized carbons (Fsp3) is 0.0714. The molecule has 0 amide bonds. The Labute approximate surface area is 147 Å². The molecule has 1 aromatic carbocycles. The van der Waals surface area contributed by atoms with Gasteiger partial charge in [-0.3, -0.25) is 14.9 Å². The molecular formula is C14H10BrN3O7. The van der Waals surface area contributed by atoms with Crippen LogP contribution >= 0.6 is 15.9 Å². The molecule has 0 aliphatic carbocycles. The van der Waals surface area contributed by atoms with E-state index in [2.05, 4.69) is 25.9 Å². The van der Waals surface area contributed by atoms with Crippen LogP contribution < -0.4 is 10.3 Å². The number of benzene rings is 1. The molecule has 1 heterocycles. The van der Waals surface area contributed by atoms with E-state index in [0.717, 1.165) is 0 Å². The molecule has 0 radical (unpaired) electrons. The molecule has 0 unspecified atom stereocenters. The topological polar surface area (TPSA) is 156 Å². The predicted octanol–water partition coefficient (Wildman–Crippen LogP) is 1.78. The smallest absolute Gasteiger partial charge is 0.395 e. The SMILES string of the molecule is O=C(O)COc1ccc(Br)cc1/C=C/c1nc(O)c([N+](=O)[O-])c(=O)[nH]1. The van der Waals surface area contributed by atoms with Gasteiger partial charge in [0.15, 0.2) is 6.61 Å². The van der Waals surface area contributed by atoms with Crippen molar-refractivity contribution in [1.82, 2.24) is 9.97 Å². The lowest BCUT2D eigenvalue weighted by atomic mass is 10.2. The van der Waals surface area contributed by atoms with Gasteiger partial charge in [-0.15, -0.1) is 0 Å². The average molecular weight is 412 g/mol. The van der Waals surface area contributed by atoms with E-state index in [4.69, 9.17) is 9.84 Å². The summed E-state index contributed by atoms with van der Waals surface area (Å²) in [6.07, 6.45) is 2.71. The van der Waals surface area contributed by atoms with Gasteiger partial charge in [0.05, 0.1) is 4.92 Å². The molecule has 0 aliphatic heterocycles. The Bertz CT molecular complexity index is 923. The lowest BCUT2D eigenvalue weighted by Crippen LogP contribution is -2.14. The van der Waals surface area contributed by atoms with Crippen molar-refractivity contribution in [3.8, 4) is 11.6 Å². The van der Waals surface area contributed by atoms with Crippen LogP contribution in [0.3, 0.4) is 0 Å². The standard InChI is InChI=1S/C14H10BrN3O7/c15-8-2-3-9(25-6-11(19)20)7(5-8)1-4-10-16-13(21)12(18(23)24)14(22)17-10/h1-5H,6H2,(H,19,20)(H2,16,17,21,22)/b4-1+. The summed E-state index contributed by atoms with van der Waals surface area (Å²) >= 11 is 3.26. The highest BCUT2D eigenvalue weighted by Gasteiger charge is 2.21. The molecule has 2 rings (SSSR count). The summed E-state index contributed by atoms with van der Waals surface area (Å²) in [4.78, 5) is 37.5. The number of aromatic nitrogens is 2. The van der Waals surface area contributed by atoms with E-state index in [9.17, 15) is 24.8 Å². The number of hydrogen-bond acceptors (Lipinski definition) is 7. The zero-order valence-corrected chi connectivity index (χ0v) is 13.9. The molecule has 0 saturated heterocycles. The molecule has 0 aliphatic rings. The third kappa shape index (κ3) is 4.64. The summed E-state index contributed by atoms with van der Waals surface area (Å²) < 4.78 is 5.82. The number of nitrogens with zero attached hydrogens (tertiary/aromatic N) is 2. The molecule has 0 spiro atoms. The summed E-state index contributed by atoms with van der Waals surface area (Å²) in [5, 5.41) is 28.8. The lowest BCUT2D eigenvalue weighted by molar-refractivity contribution is -0.387. The van der Waals surface area contributed by atoms with Gasteiger partial charge in [-0.2, -0.15) is 4.98 Å². The van der Waals surface area contributed by atoms with Crippen LogP contribution in [0.1, 0.15) is 11.4 Å². The summed E-state index contributed by atoms with van der Waals surface area (Å²) in [6.45, 7) is -0.546. The minimum atomic E-state index is -1.15. The Hall–Kier alpha value is -3.21. The number of aromatic amines is 1. The van der Waals surface area contributed by atoms with E-state index in [1.54, 1.807) is 12.1 Å². The monoisotopic (exact) mass is 411 g/mol. The maximum Gasteiger partial charge on any atom is 0.395 e. The number of hydrogen-bond donors (Lipinski definition) is 3. The van der Waals surface area contributed by atoms with Crippen LogP contribution in [0.15, 0.2) is 27.5 Å². The third-order valence-electron chi connectivity index (χ3n) is 2.82. The van der Waals surface area contributed by atoms with Crippen molar-refractivity contribution >= 4 is 39.7 Å². The molecular weight excluding hydrogens is 402 g/mol. The molecule has 0 saturated carbocycles. The molecule has 25 heavy (non-hydrogen) atoms. The second-order valence-electron chi connectivity index (χ2n) is 4.58. The zero-order chi connectivity index (χ0) is 18.6. The van der Waals surface area contributed by atoms with Gasteiger partial charge in [-0.1, -0.05) is 15.9 Å². The third-order valence-corrected chi connectivity index (χ3v) is 3.31. The minimum absolute atomic E-state index is 0.128. The quantitative estimate of drug-likeness (QED) is 0.479.